The van der Waals surface area contributed by atoms with Crippen molar-refractivity contribution >= 4 is 28.0 Å². The Morgan fingerprint density at radius 1 is 1.14 bits per heavy atom. The molecule has 1 atom stereocenters. The molecule has 0 radical (unpaired) electrons. The summed E-state index contributed by atoms with van der Waals surface area (Å²) in [4.78, 5) is 14.8. The van der Waals surface area contributed by atoms with Crippen molar-refractivity contribution in [2.24, 2.45) is 5.10 Å². The van der Waals surface area contributed by atoms with E-state index in [2.05, 4.69) is 10.2 Å². The molecule has 0 aliphatic carbocycles. The van der Waals surface area contributed by atoms with Crippen LogP contribution in [0.2, 0.25) is 0 Å². The molecule has 0 unspecified atom stereocenters. The number of nitrogens with zero attached hydrogens (tertiary/aromatic N) is 3. The van der Waals surface area contributed by atoms with Crippen molar-refractivity contribution in [2.75, 3.05) is 45.0 Å². The maximum absolute atomic E-state index is 12.7. The van der Waals surface area contributed by atoms with Crippen LogP contribution in [0.5, 0.6) is 11.5 Å². The third-order valence-corrected chi connectivity index (χ3v) is 10.0. The summed E-state index contributed by atoms with van der Waals surface area (Å²) >= 11 is 0. The van der Waals surface area contributed by atoms with Crippen molar-refractivity contribution in [3.8, 4) is 11.5 Å². The molecule has 188 valence electrons. The average molecular weight is 501 g/mol. The van der Waals surface area contributed by atoms with E-state index >= 15 is 0 Å². The zero-order chi connectivity index (χ0) is 25.0. The Hall–Kier alpha value is -2.95. The largest absolute Gasteiger partial charge is 0.493 e. The van der Waals surface area contributed by atoms with Crippen LogP contribution in [0.4, 0.5) is 10.5 Å². The number of rotatable bonds is 4. The van der Waals surface area contributed by atoms with Crippen molar-refractivity contribution in [1.82, 2.24) is 10.3 Å². The number of hydrogen-bond acceptors (Lipinski definition) is 7. The monoisotopic (exact) mass is 500 g/mol. The molecule has 10 heteroatoms. The van der Waals surface area contributed by atoms with Crippen molar-refractivity contribution in [1.29, 1.82) is 0 Å². The van der Waals surface area contributed by atoms with Gasteiger partial charge in [0.25, 0.3) is 0 Å². The van der Waals surface area contributed by atoms with Gasteiger partial charge >= 0.3 is 6.03 Å². The number of fused-ring (bicyclic) bond motifs is 1. The van der Waals surface area contributed by atoms with Gasteiger partial charge in [0.15, 0.2) is 11.5 Å². The van der Waals surface area contributed by atoms with Crippen LogP contribution in [0, 0.1) is 0 Å². The van der Waals surface area contributed by atoms with Crippen LogP contribution in [0.1, 0.15) is 30.0 Å². The molecule has 2 saturated heterocycles. The lowest BCUT2D eigenvalue weighted by Gasteiger charge is -2.67. The highest BCUT2D eigenvalue weighted by molar-refractivity contribution is 8.26. The summed E-state index contributed by atoms with van der Waals surface area (Å²) in [6, 6.07) is 11.5. The van der Waals surface area contributed by atoms with E-state index in [1.807, 2.05) is 43.3 Å². The molecule has 35 heavy (non-hydrogen) atoms. The van der Waals surface area contributed by atoms with Crippen molar-refractivity contribution in [3.63, 3.8) is 0 Å². The van der Waals surface area contributed by atoms with Crippen molar-refractivity contribution < 1.29 is 23.4 Å². The number of amides is 2. The first-order chi connectivity index (χ1) is 16.7. The van der Waals surface area contributed by atoms with Crippen LogP contribution >= 0.6 is 10.6 Å². The van der Waals surface area contributed by atoms with Gasteiger partial charge in [-0.2, -0.15) is 15.7 Å². The smallest absolute Gasteiger partial charge is 0.337 e. The van der Waals surface area contributed by atoms with Gasteiger partial charge in [0.1, 0.15) is 0 Å². The molecule has 0 bridgehead atoms. The van der Waals surface area contributed by atoms with E-state index in [-0.39, 0.29) is 16.8 Å². The number of hydrazone groups is 1. The van der Waals surface area contributed by atoms with Gasteiger partial charge < -0.3 is 19.7 Å². The Morgan fingerprint density at radius 3 is 2.34 bits per heavy atom. The van der Waals surface area contributed by atoms with Crippen molar-refractivity contribution in [3.05, 3.63) is 53.1 Å². The third-order valence-electron chi connectivity index (χ3n) is 7.43. The minimum Gasteiger partial charge on any atom is -0.493 e. The van der Waals surface area contributed by atoms with E-state index in [9.17, 15) is 13.9 Å². The van der Waals surface area contributed by atoms with E-state index in [0.29, 0.717) is 42.5 Å². The Morgan fingerprint density at radius 2 is 1.80 bits per heavy atom. The summed E-state index contributed by atoms with van der Waals surface area (Å²) in [5, 5.41) is 8.98. The molecule has 3 aliphatic heterocycles. The van der Waals surface area contributed by atoms with E-state index in [1.54, 1.807) is 21.3 Å². The summed E-state index contributed by atoms with van der Waals surface area (Å²) in [6.07, 6.45) is 1.48. The minimum atomic E-state index is -2.45. The fourth-order valence-corrected chi connectivity index (χ4v) is 7.02. The molecule has 3 N–H and O–H groups in total. The van der Waals surface area contributed by atoms with Gasteiger partial charge in [0.2, 0.25) is 0 Å². The lowest BCUT2D eigenvalue weighted by Crippen LogP contribution is -2.69. The number of urea groups is 1. The van der Waals surface area contributed by atoms with Crippen LogP contribution in [0.15, 0.2) is 41.5 Å². The van der Waals surface area contributed by atoms with E-state index in [0.717, 1.165) is 28.8 Å². The van der Waals surface area contributed by atoms with E-state index in [1.165, 1.54) is 5.01 Å². The lowest BCUT2D eigenvalue weighted by molar-refractivity contribution is 0.184. The summed E-state index contributed by atoms with van der Waals surface area (Å²) in [7, 11) is 2.36. The van der Waals surface area contributed by atoms with Crippen LogP contribution in [-0.4, -0.2) is 76.8 Å². The Kier molecular flexibility index (Phi) is 5.85. The summed E-state index contributed by atoms with van der Waals surface area (Å²) in [5.74, 6) is 1.75. The summed E-state index contributed by atoms with van der Waals surface area (Å²) in [5.41, 5.74) is 4.48. The normalized spacial score (nSPS) is 22.7. The standard InChI is InChI=1S/C25H32N4O5S/c1-16-11-18-12-21(33-3)22(34-4)13-20(18)23(27-29(16)24(30)26-2)17-5-7-19(8-6-17)28-14-25(15-28)9-10-35(25,31)32/h5-8,12-13,16,31-32H,9-11,14-15H2,1-4H3,(H,26,30)/t16-/m1/s1. The quantitative estimate of drug-likeness (QED) is 0.590. The third kappa shape index (κ3) is 3.80. The molecule has 2 aromatic carbocycles. The Bertz CT molecular complexity index is 1180. The SMILES string of the molecule is CNC(=O)N1N=C(c2ccc(N3CC4(CCS4(O)O)C3)cc2)c2cc(OC)c(OC)cc2C[C@H]1C. The van der Waals surface area contributed by atoms with Crippen LogP contribution in [0.25, 0.3) is 0 Å². The molecule has 2 aromatic rings. The van der Waals surface area contributed by atoms with Gasteiger partial charge in [-0.3, -0.25) is 9.11 Å². The van der Waals surface area contributed by atoms with Crippen LogP contribution < -0.4 is 19.7 Å². The molecule has 0 saturated carbocycles. The zero-order valence-electron chi connectivity index (χ0n) is 20.4. The lowest BCUT2D eigenvalue weighted by atomic mass is 9.92. The zero-order valence-corrected chi connectivity index (χ0v) is 21.3. The fraction of sp³-hybridized carbons (Fsp3) is 0.440. The highest BCUT2D eigenvalue weighted by Gasteiger charge is 2.59. The second-order valence-electron chi connectivity index (χ2n) is 9.47. The Balaban J connectivity index is 1.51. The molecule has 9 nitrogen and oxygen atoms in total. The molecule has 2 amide bonds. The number of nitrogens with one attached hydrogen (secondary N) is 1. The molecule has 0 aromatic heterocycles. The average Bonchev–Trinajstić information content (AvgIpc) is 2.97. The van der Waals surface area contributed by atoms with Gasteiger partial charge in [-0.1, -0.05) is 12.1 Å². The minimum absolute atomic E-state index is 0.164. The van der Waals surface area contributed by atoms with Gasteiger partial charge in [0, 0.05) is 42.7 Å². The highest BCUT2D eigenvalue weighted by atomic mass is 32.3. The van der Waals surface area contributed by atoms with Gasteiger partial charge in [-0.05, 0) is 49.6 Å². The first-order valence-corrected chi connectivity index (χ1v) is 13.4. The second-order valence-corrected chi connectivity index (χ2v) is 12.1. The summed E-state index contributed by atoms with van der Waals surface area (Å²) in [6.45, 7) is 3.30. The molecule has 3 aliphatic rings. The first-order valence-electron chi connectivity index (χ1n) is 11.7. The predicted molar refractivity (Wildman–Crippen MR) is 138 cm³/mol. The molecular formula is C25H32N4O5S. The Labute approximate surface area is 207 Å². The number of benzene rings is 2. The summed E-state index contributed by atoms with van der Waals surface area (Å²) < 4.78 is 31.2. The second kappa shape index (κ2) is 8.61. The highest BCUT2D eigenvalue weighted by Crippen LogP contribution is 2.67. The van der Waals surface area contributed by atoms with Crippen LogP contribution in [-0.2, 0) is 6.42 Å². The number of carbonyl (C=O) groups is 1. The van der Waals surface area contributed by atoms with Crippen LogP contribution in [0.3, 0.4) is 0 Å². The van der Waals surface area contributed by atoms with Gasteiger partial charge in [-0.25, -0.2) is 9.80 Å². The molecule has 3 heterocycles. The van der Waals surface area contributed by atoms with Gasteiger partial charge in [0.05, 0.1) is 30.7 Å². The molecule has 1 spiro atoms. The first kappa shape index (κ1) is 23.8. The van der Waals surface area contributed by atoms with E-state index < -0.39 is 10.6 Å². The maximum Gasteiger partial charge on any atom is 0.337 e. The number of carbonyl (C=O) groups excluding carboxylic acids is 1. The predicted octanol–water partition coefficient (Wildman–Crippen LogP) is 3.76. The molecule has 5 rings (SSSR count). The fourth-order valence-electron chi connectivity index (χ4n) is 5.15. The number of anilines is 1. The van der Waals surface area contributed by atoms with Crippen molar-refractivity contribution in [2.45, 2.75) is 30.6 Å². The number of ether oxygens (including phenoxy) is 2. The molecular weight excluding hydrogens is 468 g/mol. The number of methoxy groups -OCH3 is 2. The maximum atomic E-state index is 12.7. The number of hydrogen-bond donors (Lipinski definition) is 3. The van der Waals surface area contributed by atoms with E-state index in [4.69, 9.17) is 14.6 Å². The molecule has 2 fully saturated rings. The van der Waals surface area contributed by atoms with Gasteiger partial charge in [-0.15, -0.1) is 0 Å². The topological polar surface area (TPSA) is 107 Å².